The van der Waals surface area contributed by atoms with Gasteiger partial charge in [0.25, 0.3) is 5.69 Å². The number of rotatable bonds is 4. The molecule has 0 bridgehead atoms. The Morgan fingerprint density at radius 2 is 2.29 bits per heavy atom. The zero-order chi connectivity index (χ0) is 15.0. The summed E-state index contributed by atoms with van der Waals surface area (Å²) in [4.78, 5) is 25.9. The van der Waals surface area contributed by atoms with Gasteiger partial charge in [-0.3, -0.25) is 14.9 Å². The second-order valence-corrected chi connectivity index (χ2v) is 5.64. The summed E-state index contributed by atoms with van der Waals surface area (Å²) in [6, 6.07) is 6.24. The molecule has 7 nitrogen and oxygen atoms in total. The monoisotopic (exact) mass is 305 g/mol. The van der Waals surface area contributed by atoms with Crippen molar-refractivity contribution in [3.63, 3.8) is 0 Å². The molecule has 0 amide bonds. The molecular formula is C13H11N3O4S. The van der Waals surface area contributed by atoms with Crippen molar-refractivity contribution < 1.29 is 14.8 Å². The van der Waals surface area contributed by atoms with E-state index in [1.807, 2.05) is 0 Å². The maximum absolute atomic E-state index is 11.1. The number of carboxylic acid groups (broad SMARTS) is 1. The van der Waals surface area contributed by atoms with Gasteiger partial charge in [0.15, 0.2) is 5.16 Å². The fourth-order valence-electron chi connectivity index (χ4n) is 2.33. The van der Waals surface area contributed by atoms with Gasteiger partial charge in [-0.15, -0.1) is 0 Å². The Labute approximate surface area is 123 Å². The molecule has 0 fully saturated rings. The van der Waals surface area contributed by atoms with E-state index >= 15 is 0 Å². The van der Waals surface area contributed by atoms with Crippen LogP contribution in [0.2, 0.25) is 0 Å². The van der Waals surface area contributed by atoms with Crippen molar-refractivity contribution >= 4 is 23.4 Å². The molecule has 3 rings (SSSR count). The molecule has 1 N–H and O–H groups in total. The summed E-state index contributed by atoms with van der Waals surface area (Å²) in [5, 5.41) is 20.7. The molecule has 1 aliphatic heterocycles. The van der Waals surface area contributed by atoms with E-state index in [0.29, 0.717) is 22.2 Å². The number of aliphatic carboxylic acids is 1. The van der Waals surface area contributed by atoms with Gasteiger partial charge in [0.2, 0.25) is 0 Å². The van der Waals surface area contributed by atoms with Crippen LogP contribution < -0.4 is 0 Å². The lowest BCUT2D eigenvalue weighted by atomic mass is 10.1. The Kier molecular flexibility index (Phi) is 3.38. The quantitative estimate of drug-likeness (QED) is 0.688. The van der Waals surface area contributed by atoms with Gasteiger partial charge in [-0.2, -0.15) is 0 Å². The molecule has 2 heterocycles. The second kappa shape index (κ2) is 5.21. The van der Waals surface area contributed by atoms with Crippen molar-refractivity contribution in [3.05, 3.63) is 40.6 Å². The lowest BCUT2D eigenvalue weighted by molar-refractivity contribution is -0.384. The number of nitro groups is 1. The van der Waals surface area contributed by atoms with Crippen LogP contribution in [0.1, 0.15) is 12.5 Å². The molecule has 0 saturated carbocycles. The third-order valence-corrected chi connectivity index (χ3v) is 4.40. The molecule has 2 aromatic rings. The fourth-order valence-corrected chi connectivity index (χ4v) is 3.47. The molecule has 1 unspecified atom stereocenters. The molecule has 1 aliphatic rings. The van der Waals surface area contributed by atoms with Crippen LogP contribution in [-0.4, -0.2) is 31.3 Å². The number of thioether (sulfide) groups is 1. The van der Waals surface area contributed by atoms with Gasteiger partial charge in [0.05, 0.1) is 28.6 Å². The number of nitro benzene ring substituents is 1. The molecule has 0 spiro atoms. The molecule has 8 heteroatoms. The molecular weight excluding hydrogens is 294 g/mol. The smallest absolute Gasteiger partial charge is 0.305 e. The van der Waals surface area contributed by atoms with Gasteiger partial charge in [-0.05, 0) is 6.07 Å². The number of imidazole rings is 1. The highest BCUT2D eigenvalue weighted by atomic mass is 32.2. The SMILES string of the molecule is O=C(O)CC1CSc2nc(-c3ccccc3[N+](=O)[O-])cn21. The molecule has 1 aromatic heterocycles. The van der Waals surface area contributed by atoms with Crippen molar-refractivity contribution in [3.8, 4) is 11.3 Å². The Morgan fingerprint density at radius 3 is 3.00 bits per heavy atom. The minimum absolute atomic E-state index is 0.00550. The summed E-state index contributed by atoms with van der Waals surface area (Å²) >= 11 is 1.47. The number of hydrogen-bond acceptors (Lipinski definition) is 5. The highest BCUT2D eigenvalue weighted by molar-refractivity contribution is 7.99. The minimum atomic E-state index is -0.866. The number of fused-ring (bicyclic) bond motifs is 1. The van der Waals surface area contributed by atoms with Gasteiger partial charge < -0.3 is 9.67 Å². The summed E-state index contributed by atoms with van der Waals surface area (Å²) in [6.07, 6.45) is 1.72. The first-order valence-electron chi connectivity index (χ1n) is 6.23. The van der Waals surface area contributed by atoms with Crippen molar-refractivity contribution in [2.75, 3.05) is 5.75 Å². The van der Waals surface area contributed by atoms with Crippen LogP contribution in [0, 0.1) is 10.1 Å². The molecule has 21 heavy (non-hydrogen) atoms. The lowest BCUT2D eigenvalue weighted by Crippen LogP contribution is -2.10. The van der Waals surface area contributed by atoms with E-state index in [2.05, 4.69) is 4.98 Å². The summed E-state index contributed by atoms with van der Waals surface area (Å²) in [5.74, 6) is -0.208. The standard InChI is InChI=1S/C13H11N3O4S/c17-12(18)5-8-7-21-13-14-10(6-15(8)13)9-3-1-2-4-11(9)16(19)20/h1-4,6,8H,5,7H2,(H,17,18). The number of hydrogen-bond donors (Lipinski definition) is 1. The normalized spacial score (nSPS) is 16.7. The molecule has 0 radical (unpaired) electrons. The topological polar surface area (TPSA) is 98.3 Å². The highest BCUT2D eigenvalue weighted by Crippen LogP contribution is 2.38. The summed E-state index contributed by atoms with van der Waals surface area (Å²) in [6.45, 7) is 0. The molecule has 1 atom stereocenters. The first kappa shape index (κ1) is 13.6. The number of carbonyl (C=O) groups is 1. The minimum Gasteiger partial charge on any atom is -0.481 e. The number of benzene rings is 1. The van der Waals surface area contributed by atoms with Gasteiger partial charge >= 0.3 is 5.97 Å². The van der Waals surface area contributed by atoms with E-state index in [9.17, 15) is 14.9 Å². The fraction of sp³-hybridized carbons (Fsp3) is 0.231. The van der Waals surface area contributed by atoms with Gasteiger partial charge in [0.1, 0.15) is 0 Å². The average Bonchev–Trinajstić information content (AvgIpc) is 3.00. The summed E-state index contributed by atoms with van der Waals surface area (Å²) in [7, 11) is 0. The van der Waals surface area contributed by atoms with Crippen LogP contribution in [0.4, 0.5) is 5.69 Å². The third kappa shape index (κ3) is 2.49. The van der Waals surface area contributed by atoms with Gasteiger partial charge in [-0.25, -0.2) is 4.98 Å². The van der Waals surface area contributed by atoms with Crippen LogP contribution in [0.25, 0.3) is 11.3 Å². The molecule has 0 aliphatic carbocycles. The second-order valence-electron chi connectivity index (χ2n) is 4.65. The van der Waals surface area contributed by atoms with Crippen molar-refractivity contribution in [1.29, 1.82) is 0 Å². The van der Waals surface area contributed by atoms with Gasteiger partial charge in [-0.1, -0.05) is 23.9 Å². The van der Waals surface area contributed by atoms with Crippen LogP contribution in [0.5, 0.6) is 0 Å². The van der Waals surface area contributed by atoms with Crippen LogP contribution in [0.3, 0.4) is 0 Å². The van der Waals surface area contributed by atoms with E-state index in [0.717, 1.165) is 0 Å². The largest absolute Gasteiger partial charge is 0.481 e. The first-order chi connectivity index (χ1) is 10.1. The number of nitrogens with zero attached hydrogens (tertiary/aromatic N) is 3. The van der Waals surface area contributed by atoms with E-state index < -0.39 is 10.9 Å². The Morgan fingerprint density at radius 1 is 1.52 bits per heavy atom. The highest BCUT2D eigenvalue weighted by Gasteiger charge is 2.28. The van der Waals surface area contributed by atoms with E-state index in [1.165, 1.54) is 17.8 Å². The average molecular weight is 305 g/mol. The van der Waals surface area contributed by atoms with E-state index in [4.69, 9.17) is 5.11 Å². The van der Waals surface area contributed by atoms with Crippen LogP contribution >= 0.6 is 11.8 Å². The van der Waals surface area contributed by atoms with E-state index in [-0.39, 0.29) is 18.2 Å². The van der Waals surface area contributed by atoms with Crippen LogP contribution in [0.15, 0.2) is 35.6 Å². The van der Waals surface area contributed by atoms with Gasteiger partial charge in [0, 0.05) is 18.0 Å². The Balaban J connectivity index is 2.00. The van der Waals surface area contributed by atoms with Crippen molar-refractivity contribution in [2.45, 2.75) is 17.6 Å². The lowest BCUT2D eigenvalue weighted by Gasteiger charge is -2.08. The maximum Gasteiger partial charge on any atom is 0.305 e. The number of aromatic nitrogens is 2. The predicted molar refractivity (Wildman–Crippen MR) is 76.3 cm³/mol. The number of para-hydroxylation sites is 1. The third-order valence-electron chi connectivity index (χ3n) is 3.28. The Bertz CT molecular complexity index is 728. The summed E-state index contributed by atoms with van der Waals surface area (Å²) < 4.78 is 1.80. The van der Waals surface area contributed by atoms with Crippen molar-refractivity contribution in [2.24, 2.45) is 0 Å². The zero-order valence-electron chi connectivity index (χ0n) is 10.8. The van der Waals surface area contributed by atoms with E-state index in [1.54, 1.807) is 29.0 Å². The molecule has 1 aromatic carbocycles. The zero-order valence-corrected chi connectivity index (χ0v) is 11.6. The predicted octanol–water partition coefficient (Wildman–Crippen LogP) is 2.58. The molecule has 108 valence electrons. The van der Waals surface area contributed by atoms with Crippen molar-refractivity contribution in [1.82, 2.24) is 9.55 Å². The maximum atomic E-state index is 11.1. The summed E-state index contributed by atoms with van der Waals surface area (Å²) in [5.41, 5.74) is 0.938. The number of carboxylic acids is 1. The van der Waals surface area contributed by atoms with Crippen LogP contribution in [-0.2, 0) is 4.79 Å². The molecule has 0 saturated heterocycles. The first-order valence-corrected chi connectivity index (χ1v) is 7.22. The Hall–Kier alpha value is -2.35.